The van der Waals surface area contributed by atoms with Gasteiger partial charge in [0.1, 0.15) is 0 Å². The summed E-state index contributed by atoms with van der Waals surface area (Å²) in [5.74, 6) is -0.370. The fourth-order valence-electron chi connectivity index (χ4n) is 1.60. The molecule has 0 spiro atoms. The van der Waals surface area contributed by atoms with Gasteiger partial charge in [-0.25, -0.2) is 0 Å². The standard InChI is InChI=1S/C12H13N3O3/c16-12(17)6-7-15(8-11-13-9-14-18-11)10-4-2-1-3-5-10/h1-5,9H,6-8H2,(H,16,17). The van der Waals surface area contributed by atoms with Gasteiger partial charge in [0.05, 0.1) is 13.0 Å². The number of anilines is 1. The van der Waals surface area contributed by atoms with E-state index in [2.05, 4.69) is 10.1 Å². The van der Waals surface area contributed by atoms with E-state index in [4.69, 9.17) is 9.63 Å². The lowest BCUT2D eigenvalue weighted by Crippen LogP contribution is -2.25. The highest BCUT2D eigenvalue weighted by atomic mass is 16.5. The van der Waals surface area contributed by atoms with Crippen LogP contribution >= 0.6 is 0 Å². The van der Waals surface area contributed by atoms with E-state index in [1.165, 1.54) is 6.33 Å². The zero-order valence-corrected chi connectivity index (χ0v) is 9.69. The number of hydrogen-bond acceptors (Lipinski definition) is 5. The van der Waals surface area contributed by atoms with Gasteiger partial charge in [-0.1, -0.05) is 23.4 Å². The summed E-state index contributed by atoms with van der Waals surface area (Å²) < 4.78 is 4.94. The molecule has 1 aromatic heterocycles. The first kappa shape index (κ1) is 12.1. The molecule has 6 nitrogen and oxygen atoms in total. The topological polar surface area (TPSA) is 79.5 Å². The summed E-state index contributed by atoms with van der Waals surface area (Å²) >= 11 is 0. The molecule has 0 aliphatic carbocycles. The van der Waals surface area contributed by atoms with Gasteiger partial charge in [0.25, 0.3) is 0 Å². The first-order valence-corrected chi connectivity index (χ1v) is 5.53. The van der Waals surface area contributed by atoms with Crippen LogP contribution in [0.15, 0.2) is 41.2 Å². The first-order chi connectivity index (χ1) is 8.75. The Morgan fingerprint density at radius 2 is 2.11 bits per heavy atom. The molecule has 6 heteroatoms. The lowest BCUT2D eigenvalue weighted by Gasteiger charge is -2.22. The average molecular weight is 247 g/mol. The van der Waals surface area contributed by atoms with Crippen molar-refractivity contribution in [2.75, 3.05) is 11.4 Å². The van der Waals surface area contributed by atoms with Crippen LogP contribution in [-0.2, 0) is 11.3 Å². The zero-order chi connectivity index (χ0) is 12.8. The monoisotopic (exact) mass is 247 g/mol. The van der Waals surface area contributed by atoms with Crippen LogP contribution in [0, 0.1) is 0 Å². The van der Waals surface area contributed by atoms with Crippen molar-refractivity contribution in [3.63, 3.8) is 0 Å². The number of benzene rings is 1. The highest BCUT2D eigenvalue weighted by Crippen LogP contribution is 2.16. The molecule has 2 rings (SSSR count). The number of para-hydroxylation sites is 1. The summed E-state index contributed by atoms with van der Waals surface area (Å²) in [6, 6.07) is 9.54. The number of hydrogen-bond donors (Lipinski definition) is 1. The van der Waals surface area contributed by atoms with E-state index in [9.17, 15) is 4.79 Å². The molecule has 0 saturated carbocycles. The Morgan fingerprint density at radius 1 is 1.33 bits per heavy atom. The molecule has 0 fully saturated rings. The molecule has 18 heavy (non-hydrogen) atoms. The van der Waals surface area contributed by atoms with E-state index in [0.717, 1.165) is 5.69 Å². The van der Waals surface area contributed by atoms with Crippen LogP contribution in [0.25, 0.3) is 0 Å². The van der Waals surface area contributed by atoms with E-state index < -0.39 is 5.97 Å². The smallest absolute Gasteiger partial charge is 0.305 e. The molecule has 0 atom stereocenters. The maximum absolute atomic E-state index is 10.7. The molecule has 0 saturated heterocycles. The second-order valence-corrected chi connectivity index (χ2v) is 3.74. The molecule has 0 aliphatic rings. The van der Waals surface area contributed by atoms with E-state index in [1.807, 2.05) is 35.2 Å². The summed E-state index contributed by atoms with van der Waals surface area (Å²) in [5, 5.41) is 12.3. The molecule has 0 aliphatic heterocycles. The van der Waals surface area contributed by atoms with Crippen molar-refractivity contribution in [2.24, 2.45) is 0 Å². The van der Waals surface area contributed by atoms with Gasteiger partial charge in [-0.3, -0.25) is 4.79 Å². The summed E-state index contributed by atoms with van der Waals surface area (Å²) in [6.07, 6.45) is 1.39. The minimum Gasteiger partial charge on any atom is -0.481 e. The van der Waals surface area contributed by atoms with Crippen LogP contribution in [0.2, 0.25) is 0 Å². The predicted molar refractivity (Wildman–Crippen MR) is 64.0 cm³/mol. The lowest BCUT2D eigenvalue weighted by molar-refractivity contribution is -0.136. The van der Waals surface area contributed by atoms with Gasteiger partial charge in [0, 0.05) is 12.2 Å². The van der Waals surface area contributed by atoms with Crippen LogP contribution in [-0.4, -0.2) is 27.8 Å². The third-order valence-electron chi connectivity index (χ3n) is 2.45. The van der Waals surface area contributed by atoms with E-state index >= 15 is 0 Å². The van der Waals surface area contributed by atoms with Crippen molar-refractivity contribution in [3.05, 3.63) is 42.5 Å². The minimum absolute atomic E-state index is 0.0586. The fourth-order valence-corrected chi connectivity index (χ4v) is 1.60. The molecule has 1 N–H and O–H groups in total. The summed E-state index contributed by atoms with van der Waals surface area (Å²) in [4.78, 5) is 16.5. The Bertz CT molecular complexity index is 485. The van der Waals surface area contributed by atoms with Gasteiger partial charge in [-0.15, -0.1) is 0 Å². The Labute approximate surface area is 104 Å². The van der Waals surface area contributed by atoms with Gasteiger partial charge in [0.2, 0.25) is 5.89 Å². The van der Waals surface area contributed by atoms with Crippen molar-refractivity contribution in [1.82, 2.24) is 10.1 Å². The first-order valence-electron chi connectivity index (χ1n) is 5.53. The van der Waals surface area contributed by atoms with Crippen LogP contribution in [0.3, 0.4) is 0 Å². The maximum Gasteiger partial charge on any atom is 0.305 e. The predicted octanol–water partition coefficient (Wildman–Crippen LogP) is 1.55. The largest absolute Gasteiger partial charge is 0.481 e. The molecule has 0 bridgehead atoms. The van der Waals surface area contributed by atoms with Gasteiger partial charge in [-0.2, -0.15) is 4.98 Å². The quantitative estimate of drug-likeness (QED) is 0.834. The van der Waals surface area contributed by atoms with Crippen LogP contribution in [0.1, 0.15) is 12.3 Å². The van der Waals surface area contributed by atoms with Crippen LogP contribution in [0.4, 0.5) is 5.69 Å². The molecule has 0 radical (unpaired) electrons. The second-order valence-electron chi connectivity index (χ2n) is 3.74. The van der Waals surface area contributed by atoms with E-state index in [-0.39, 0.29) is 6.42 Å². The Balaban J connectivity index is 2.10. The van der Waals surface area contributed by atoms with E-state index in [0.29, 0.717) is 19.0 Å². The highest BCUT2D eigenvalue weighted by Gasteiger charge is 2.11. The van der Waals surface area contributed by atoms with Crippen molar-refractivity contribution in [2.45, 2.75) is 13.0 Å². The van der Waals surface area contributed by atoms with Crippen molar-refractivity contribution in [3.8, 4) is 0 Å². The number of carboxylic acid groups (broad SMARTS) is 1. The van der Waals surface area contributed by atoms with E-state index in [1.54, 1.807) is 0 Å². The molecule has 2 aromatic rings. The third-order valence-corrected chi connectivity index (χ3v) is 2.45. The molecular formula is C12H13N3O3. The number of carboxylic acids is 1. The van der Waals surface area contributed by atoms with Crippen LogP contribution in [0.5, 0.6) is 0 Å². The van der Waals surface area contributed by atoms with Crippen molar-refractivity contribution < 1.29 is 14.4 Å². The number of rotatable bonds is 6. The molecule has 0 unspecified atom stereocenters. The Hall–Kier alpha value is -2.37. The number of aromatic nitrogens is 2. The van der Waals surface area contributed by atoms with Gasteiger partial charge in [0.15, 0.2) is 6.33 Å². The highest BCUT2D eigenvalue weighted by molar-refractivity contribution is 5.67. The Morgan fingerprint density at radius 3 is 2.72 bits per heavy atom. The summed E-state index contributed by atoms with van der Waals surface area (Å²) in [7, 11) is 0. The lowest BCUT2D eigenvalue weighted by atomic mass is 10.2. The third kappa shape index (κ3) is 3.31. The normalized spacial score (nSPS) is 10.2. The van der Waals surface area contributed by atoms with Crippen LogP contribution < -0.4 is 4.90 Å². The summed E-state index contributed by atoms with van der Waals surface area (Å²) in [5.41, 5.74) is 0.928. The fraction of sp³-hybridized carbons (Fsp3) is 0.250. The van der Waals surface area contributed by atoms with Gasteiger partial charge in [-0.05, 0) is 12.1 Å². The summed E-state index contributed by atoms with van der Waals surface area (Å²) in [6.45, 7) is 0.791. The number of nitrogens with zero attached hydrogens (tertiary/aromatic N) is 3. The van der Waals surface area contributed by atoms with Crippen molar-refractivity contribution in [1.29, 1.82) is 0 Å². The van der Waals surface area contributed by atoms with Gasteiger partial charge >= 0.3 is 5.97 Å². The Kier molecular flexibility index (Phi) is 3.90. The number of aliphatic carboxylic acids is 1. The molecule has 1 heterocycles. The number of carbonyl (C=O) groups is 1. The van der Waals surface area contributed by atoms with Crippen molar-refractivity contribution >= 4 is 11.7 Å². The molecule has 1 aromatic carbocycles. The average Bonchev–Trinajstić information content (AvgIpc) is 2.88. The molecule has 0 amide bonds. The molecular weight excluding hydrogens is 234 g/mol. The van der Waals surface area contributed by atoms with Gasteiger partial charge < -0.3 is 14.5 Å². The minimum atomic E-state index is -0.832. The maximum atomic E-state index is 10.7. The second kappa shape index (κ2) is 5.81. The zero-order valence-electron chi connectivity index (χ0n) is 9.69. The molecule has 94 valence electrons. The SMILES string of the molecule is O=C(O)CCN(Cc1ncno1)c1ccccc1.